The Bertz CT molecular complexity index is 720. The second kappa shape index (κ2) is 7.49. The van der Waals surface area contributed by atoms with Crippen LogP contribution in [0.25, 0.3) is 0 Å². The van der Waals surface area contributed by atoms with Crippen LogP contribution in [-0.2, 0) is 25.9 Å². The Morgan fingerprint density at radius 3 is 2.79 bits per heavy atom. The Morgan fingerprint density at radius 1 is 1.29 bits per heavy atom. The lowest BCUT2D eigenvalue weighted by atomic mass is 9.90. The monoisotopic (exact) mass is 342 g/mol. The van der Waals surface area contributed by atoms with Gasteiger partial charge in [-0.05, 0) is 62.0 Å². The van der Waals surface area contributed by atoms with E-state index in [-0.39, 0.29) is 5.91 Å². The van der Waals surface area contributed by atoms with Crippen LogP contribution in [0.5, 0.6) is 0 Å². The van der Waals surface area contributed by atoms with Crippen molar-refractivity contribution in [2.75, 3.05) is 14.1 Å². The number of carbonyl (C=O) groups excluding carboxylic acids is 1. The van der Waals surface area contributed by atoms with Crippen molar-refractivity contribution in [3.63, 3.8) is 0 Å². The number of aryl methyl sites for hydroxylation is 1. The van der Waals surface area contributed by atoms with Gasteiger partial charge in [0.1, 0.15) is 0 Å². The molecule has 128 valence electrons. The average Bonchev–Trinajstić information content (AvgIpc) is 2.96. The molecule has 1 aromatic heterocycles. The lowest BCUT2D eigenvalue weighted by Gasteiger charge is -2.16. The zero-order valence-electron chi connectivity index (χ0n) is 14.8. The number of carbonyl (C=O) groups is 1. The molecule has 1 aliphatic carbocycles. The van der Waals surface area contributed by atoms with Crippen LogP contribution in [0.4, 0.5) is 0 Å². The van der Waals surface area contributed by atoms with Gasteiger partial charge in [-0.1, -0.05) is 31.2 Å². The highest BCUT2D eigenvalue weighted by Crippen LogP contribution is 2.32. The van der Waals surface area contributed by atoms with Crippen molar-refractivity contribution >= 4 is 17.2 Å². The summed E-state index contributed by atoms with van der Waals surface area (Å²) < 4.78 is 0. The van der Waals surface area contributed by atoms with Gasteiger partial charge in [-0.15, -0.1) is 11.3 Å². The van der Waals surface area contributed by atoms with Crippen molar-refractivity contribution in [2.24, 2.45) is 5.92 Å². The van der Waals surface area contributed by atoms with Gasteiger partial charge < -0.3 is 10.2 Å². The summed E-state index contributed by atoms with van der Waals surface area (Å²) >= 11 is 1.68. The van der Waals surface area contributed by atoms with Gasteiger partial charge in [-0.3, -0.25) is 4.79 Å². The molecule has 24 heavy (non-hydrogen) atoms. The fourth-order valence-corrected chi connectivity index (χ4v) is 4.43. The molecule has 3 rings (SSSR count). The van der Waals surface area contributed by atoms with Gasteiger partial charge in [-0.25, -0.2) is 0 Å². The van der Waals surface area contributed by atoms with E-state index in [0.29, 0.717) is 6.54 Å². The molecule has 0 saturated heterocycles. The number of hydrogen-bond acceptors (Lipinski definition) is 3. The van der Waals surface area contributed by atoms with Crippen LogP contribution in [0.2, 0.25) is 0 Å². The third kappa shape index (κ3) is 4.05. The molecule has 0 unspecified atom stereocenters. The summed E-state index contributed by atoms with van der Waals surface area (Å²) in [6.45, 7) is 3.76. The number of amides is 1. The quantitative estimate of drug-likeness (QED) is 0.895. The SMILES string of the molecule is C[C@H]1CCc2sc(C(=O)NCc3ccccc3CN(C)C)cc2C1. The Hall–Kier alpha value is -1.65. The lowest BCUT2D eigenvalue weighted by Crippen LogP contribution is -2.23. The van der Waals surface area contributed by atoms with Crippen molar-refractivity contribution in [3.05, 3.63) is 56.8 Å². The highest BCUT2D eigenvalue weighted by atomic mass is 32.1. The molecule has 3 nitrogen and oxygen atoms in total. The zero-order chi connectivity index (χ0) is 17.1. The molecule has 2 aromatic rings. The zero-order valence-corrected chi connectivity index (χ0v) is 15.6. The van der Waals surface area contributed by atoms with E-state index in [4.69, 9.17) is 0 Å². The van der Waals surface area contributed by atoms with Crippen molar-refractivity contribution in [3.8, 4) is 0 Å². The molecule has 1 aromatic carbocycles. The van der Waals surface area contributed by atoms with Gasteiger partial charge in [0.25, 0.3) is 5.91 Å². The number of benzene rings is 1. The van der Waals surface area contributed by atoms with E-state index in [1.54, 1.807) is 11.3 Å². The van der Waals surface area contributed by atoms with E-state index in [9.17, 15) is 4.79 Å². The second-order valence-corrected chi connectivity index (χ2v) is 8.23. The van der Waals surface area contributed by atoms with Gasteiger partial charge in [0, 0.05) is 18.0 Å². The molecule has 0 saturated carbocycles. The van der Waals surface area contributed by atoms with Gasteiger partial charge >= 0.3 is 0 Å². The standard InChI is InChI=1S/C20H26N2OS/c1-14-8-9-18-17(10-14)11-19(24-18)20(23)21-12-15-6-4-5-7-16(15)13-22(2)3/h4-7,11,14H,8-10,12-13H2,1-3H3,(H,21,23)/t14-/m0/s1. The normalized spacial score (nSPS) is 16.9. The largest absolute Gasteiger partial charge is 0.347 e. The number of hydrogen-bond donors (Lipinski definition) is 1. The molecule has 1 N–H and O–H groups in total. The minimum atomic E-state index is 0.0571. The fourth-order valence-electron chi connectivity index (χ4n) is 3.31. The van der Waals surface area contributed by atoms with Crippen LogP contribution in [0.1, 0.15) is 44.6 Å². The Kier molecular flexibility index (Phi) is 5.36. The molecule has 0 bridgehead atoms. The van der Waals surface area contributed by atoms with Gasteiger partial charge in [-0.2, -0.15) is 0 Å². The van der Waals surface area contributed by atoms with Crippen LogP contribution in [-0.4, -0.2) is 24.9 Å². The predicted molar refractivity (Wildman–Crippen MR) is 101 cm³/mol. The second-order valence-electron chi connectivity index (χ2n) is 7.10. The maximum absolute atomic E-state index is 12.5. The number of nitrogens with zero attached hydrogens (tertiary/aromatic N) is 1. The Labute approximate surface area is 148 Å². The van der Waals surface area contributed by atoms with Crippen molar-refractivity contribution in [1.82, 2.24) is 10.2 Å². The van der Waals surface area contributed by atoms with Crippen LogP contribution in [0.15, 0.2) is 30.3 Å². The van der Waals surface area contributed by atoms with E-state index < -0.39 is 0 Å². The van der Waals surface area contributed by atoms with Crippen LogP contribution < -0.4 is 5.32 Å². The number of thiophene rings is 1. The first-order valence-electron chi connectivity index (χ1n) is 8.64. The van der Waals surface area contributed by atoms with Crippen LogP contribution in [0.3, 0.4) is 0 Å². The maximum atomic E-state index is 12.5. The molecule has 0 spiro atoms. The topological polar surface area (TPSA) is 32.3 Å². The average molecular weight is 343 g/mol. The lowest BCUT2D eigenvalue weighted by molar-refractivity contribution is 0.0955. The Morgan fingerprint density at radius 2 is 2.04 bits per heavy atom. The summed E-state index contributed by atoms with van der Waals surface area (Å²) in [5.41, 5.74) is 3.84. The third-order valence-electron chi connectivity index (χ3n) is 4.60. The highest BCUT2D eigenvalue weighted by molar-refractivity contribution is 7.14. The van der Waals surface area contributed by atoms with E-state index >= 15 is 0 Å². The molecule has 1 aliphatic rings. The number of fused-ring (bicyclic) bond motifs is 1. The minimum Gasteiger partial charge on any atom is -0.347 e. The van der Waals surface area contributed by atoms with E-state index in [1.807, 2.05) is 6.07 Å². The molecular weight excluding hydrogens is 316 g/mol. The maximum Gasteiger partial charge on any atom is 0.261 e. The molecule has 1 heterocycles. The van der Waals surface area contributed by atoms with E-state index in [1.165, 1.54) is 28.0 Å². The summed E-state index contributed by atoms with van der Waals surface area (Å²) in [5, 5.41) is 3.10. The first-order valence-corrected chi connectivity index (χ1v) is 9.46. The van der Waals surface area contributed by atoms with Gasteiger partial charge in [0.05, 0.1) is 4.88 Å². The van der Waals surface area contributed by atoms with E-state index in [0.717, 1.165) is 30.2 Å². The van der Waals surface area contributed by atoms with E-state index in [2.05, 4.69) is 55.5 Å². The van der Waals surface area contributed by atoms with Gasteiger partial charge in [0.2, 0.25) is 0 Å². The molecule has 1 amide bonds. The Balaban J connectivity index is 1.66. The summed E-state index contributed by atoms with van der Waals surface area (Å²) in [7, 11) is 4.12. The molecule has 1 atom stereocenters. The summed E-state index contributed by atoms with van der Waals surface area (Å²) in [4.78, 5) is 17.0. The first kappa shape index (κ1) is 17.2. The van der Waals surface area contributed by atoms with Gasteiger partial charge in [0.15, 0.2) is 0 Å². The number of nitrogens with one attached hydrogen (secondary N) is 1. The third-order valence-corrected chi connectivity index (χ3v) is 5.83. The first-order chi connectivity index (χ1) is 11.5. The van der Waals surface area contributed by atoms with Crippen molar-refractivity contribution in [2.45, 2.75) is 39.3 Å². The highest BCUT2D eigenvalue weighted by Gasteiger charge is 2.20. The molecule has 0 radical (unpaired) electrons. The van der Waals surface area contributed by atoms with Crippen LogP contribution in [0, 0.1) is 5.92 Å². The van der Waals surface area contributed by atoms with Crippen LogP contribution >= 0.6 is 11.3 Å². The minimum absolute atomic E-state index is 0.0571. The molecular formula is C20H26N2OS. The predicted octanol–water partition coefficient (Wildman–Crippen LogP) is 3.86. The smallest absolute Gasteiger partial charge is 0.261 e. The summed E-state index contributed by atoms with van der Waals surface area (Å²) in [6, 6.07) is 10.4. The summed E-state index contributed by atoms with van der Waals surface area (Å²) in [6.07, 6.45) is 3.48. The van der Waals surface area contributed by atoms with Crippen molar-refractivity contribution in [1.29, 1.82) is 0 Å². The van der Waals surface area contributed by atoms with Crippen molar-refractivity contribution < 1.29 is 4.79 Å². The summed E-state index contributed by atoms with van der Waals surface area (Å²) in [5.74, 6) is 0.794. The fraction of sp³-hybridized carbons (Fsp3) is 0.450. The molecule has 4 heteroatoms. The molecule has 0 fully saturated rings. The number of rotatable bonds is 5. The molecule has 0 aliphatic heterocycles.